The van der Waals surface area contributed by atoms with Gasteiger partial charge in [-0.25, -0.2) is 8.42 Å². The number of hydrogen-bond acceptors (Lipinski definition) is 5. The lowest BCUT2D eigenvalue weighted by Crippen LogP contribution is -2.47. The van der Waals surface area contributed by atoms with Crippen LogP contribution in [0.5, 0.6) is 0 Å². The Kier molecular flexibility index (Phi) is 4.31. The van der Waals surface area contributed by atoms with Crippen molar-refractivity contribution in [3.05, 3.63) is 53.6 Å². The fourth-order valence-corrected chi connectivity index (χ4v) is 5.28. The molecule has 2 aromatic rings. The number of ether oxygens (including phenoxy) is 2. The van der Waals surface area contributed by atoms with Gasteiger partial charge in [0.25, 0.3) is 11.7 Å². The predicted molar refractivity (Wildman–Crippen MR) is 106 cm³/mol. The highest BCUT2D eigenvalue weighted by atomic mass is 32.2. The molecule has 0 bridgehead atoms. The number of benzene rings is 2. The Bertz CT molecular complexity index is 1070. The number of carbonyl (C=O) groups excluding carboxylic acids is 1. The molecule has 5 rings (SSSR count). The Morgan fingerprint density at radius 3 is 2.34 bits per heavy atom. The Morgan fingerprint density at radius 2 is 1.69 bits per heavy atom. The Labute approximate surface area is 170 Å². The molecule has 0 atom stereocenters. The second-order valence-electron chi connectivity index (χ2n) is 8.02. The fraction of sp³-hybridized carbons (Fsp3) is 0.409. The van der Waals surface area contributed by atoms with Gasteiger partial charge < -0.3 is 14.4 Å². The van der Waals surface area contributed by atoms with E-state index in [-0.39, 0.29) is 15.7 Å². The van der Waals surface area contributed by atoms with Crippen molar-refractivity contribution in [3.8, 4) is 0 Å². The van der Waals surface area contributed by atoms with Gasteiger partial charge in [0.05, 0.1) is 28.7 Å². The normalized spacial score (nSPS) is 20.9. The van der Waals surface area contributed by atoms with Crippen molar-refractivity contribution in [3.63, 3.8) is 0 Å². The van der Waals surface area contributed by atoms with Crippen LogP contribution in [-0.2, 0) is 29.9 Å². The van der Waals surface area contributed by atoms with Crippen molar-refractivity contribution in [2.24, 2.45) is 5.92 Å². The van der Waals surface area contributed by atoms with Crippen LogP contribution in [0.25, 0.3) is 0 Å². The number of fused-ring (bicyclic) bond motifs is 2. The van der Waals surface area contributed by atoms with Crippen molar-refractivity contribution in [2.75, 3.05) is 24.7 Å². The topological polar surface area (TPSA) is 72.9 Å². The second kappa shape index (κ2) is 6.65. The smallest absolute Gasteiger partial charge is 0.292 e. The zero-order valence-electron chi connectivity index (χ0n) is 16.3. The van der Waals surface area contributed by atoms with E-state index in [9.17, 15) is 13.2 Å². The maximum atomic E-state index is 13.3. The Morgan fingerprint density at radius 1 is 1.03 bits per heavy atom. The summed E-state index contributed by atoms with van der Waals surface area (Å²) < 4.78 is 38.1. The summed E-state index contributed by atoms with van der Waals surface area (Å²) in [6.45, 7) is 3.33. The predicted octanol–water partition coefficient (Wildman–Crippen LogP) is 3.17. The van der Waals surface area contributed by atoms with Gasteiger partial charge in [-0.1, -0.05) is 17.7 Å². The molecule has 2 aliphatic heterocycles. The molecule has 1 amide bonds. The summed E-state index contributed by atoms with van der Waals surface area (Å²) in [5.74, 6) is -1.29. The number of sulfone groups is 1. The summed E-state index contributed by atoms with van der Waals surface area (Å²) in [4.78, 5) is 15.4. The lowest BCUT2D eigenvalue weighted by molar-refractivity contribution is -0.256. The molecule has 1 aliphatic carbocycles. The van der Waals surface area contributed by atoms with Crippen LogP contribution >= 0.6 is 0 Å². The quantitative estimate of drug-likeness (QED) is 0.770. The largest absolute Gasteiger partial charge is 0.338 e. The molecule has 1 spiro atoms. The number of aryl methyl sites for hydroxylation is 1. The molecule has 1 saturated heterocycles. The lowest BCUT2D eigenvalue weighted by atomic mass is 10.1. The van der Waals surface area contributed by atoms with E-state index in [0.29, 0.717) is 43.3 Å². The second-order valence-corrected chi connectivity index (χ2v) is 9.97. The highest BCUT2D eigenvalue weighted by molar-refractivity contribution is 7.91. The number of amides is 1. The molecule has 152 valence electrons. The number of hydrogen-bond donors (Lipinski definition) is 0. The van der Waals surface area contributed by atoms with Crippen LogP contribution in [-0.4, -0.2) is 34.1 Å². The van der Waals surface area contributed by atoms with E-state index in [4.69, 9.17) is 9.47 Å². The van der Waals surface area contributed by atoms with Gasteiger partial charge in [-0.05, 0) is 62.4 Å². The van der Waals surface area contributed by atoms with E-state index >= 15 is 0 Å². The molecule has 6 nitrogen and oxygen atoms in total. The van der Waals surface area contributed by atoms with E-state index in [1.807, 2.05) is 6.92 Å². The van der Waals surface area contributed by atoms with E-state index in [1.165, 1.54) is 0 Å². The average molecular weight is 413 g/mol. The third kappa shape index (κ3) is 2.99. The molecule has 0 aromatic heterocycles. The molecule has 29 heavy (non-hydrogen) atoms. The first-order valence-electron chi connectivity index (χ1n) is 9.98. The van der Waals surface area contributed by atoms with Crippen LogP contribution in [0, 0.1) is 12.8 Å². The van der Waals surface area contributed by atoms with Crippen molar-refractivity contribution < 1.29 is 22.7 Å². The van der Waals surface area contributed by atoms with Crippen LogP contribution in [0.1, 0.15) is 30.4 Å². The van der Waals surface area contributed by atoms with E-state index in [0.717, 1.165) is 18.4 Å². The zero-order valence-corrected chi connectivity index (χ0v) is 17.1. The van der Waals surface area contributed by atoms with Gasteiger partial charge in [0.2, 0.25) is 9.84 Å². The number of nitrogens with zero attached hydrogens (tertiary/aromatic N) is 1. The van der Waals surface area contributed by atoms with Crippen molar-refractivity contribution in [2.45, 2.75) is 41.8 Å². The van der Waals surface area contributed by atoms with Crippen LogP contribution in [0.15, 0.2) is 52.3 Å². The average Bonchev–Trinajstić information content (AvgIpc) is 3.53. The van der Waals surface area contributed by atoms with Gasteiger partial charge in [0.1, 0.15) is 0 Å². The van der Waals surface area contributed by atoms with Gasteiger partial charge >= 0.3 is 0 Å². The Hall–Kier alpha value is -2.22. The van der Waals surface area contributed by atoms with Crippen LogP contribution in [0.2, 0.25) is 0 Å². The summed E-state index contributed by atoms with van der Waals surface area (Å²) in [5.41, 5.74) is 2.17. The van der Waals surface area contributed by atoms with E-state index in [1.54, 1.807) is 47.4 Å². The van der Waals surface area contributed by atoms with Gasteiger partial charge in [-0.15, -0.1) is 0 Å². The number of carbonyl (C=O) groups is 1. The van der Waals surface area contributed by atoms with Crippen LogP contribution in [0.3, 0.4) is 0 Å². The van der Waals surface area contributed by atoms with Crippen LogP contribution < -0.4 is 4.90 Å². The van der Waals surface area contributed by atoms with Gasteiger partial charge in [0, 0.05) is 12.1 Å². The number of rotatable bonds is 4. The molecule has 2 heterocycles. The molecule has 2 aromatic carbocycles. The Balaban J connectivity index is 1.61. The highest BCUT2D eigenvalue weighted by Gasteiger charge is 2.55. The van der Waals surface area contributed by atoms with Crippen molar-refractivity contribution in [1.29, 1.82) is 0 Å². The maximum Gasteiger partial charge on any atom is 0.292 e. The highest BCUT2D eigenvalue weighted by Crippen LogP contribution is 2.47. The van der Waals surface area contributed by atoms with E-state index < -0.39 is 15.6 Å². The summed E-state index contributed by atoms with van der Waals surface area (Å²) in [5, 5.41) is 0. The SMILES string of the molecule is Cc1ccc(S(=O)(=O)c2ccc3c(c2)C2(OCCCO2)C(=O)N3CC2CC2)cc1. The minimum absolute atomic E-state index is 0.137. The number of anilines is 1. The molecule has 0 radical (unpaired) electrons. The van der Waals surface area contributed by atoms with Gasteiger partial charge in [-0.3, -0.25) is 4.79 Å². The first-order chi connectivity index (χ1) is 13.9. The molecule has 0 unspecified atom stereocenters. The minimum Gasteiger partial charge on any atom is -0.338 e. The van der Waals surface area contributed by atoms with Gasteiger partial charge in [0.15, 0.2) is 0 Å². The zero-order chi connectivity index (χ0) is 20.2. The third-order valence-corrected chi connectivity index (χ3v) is 7.59. The molecule has 2 fully saturated rings. The standard InChI is InChI=1S/C22H23NO5S/c1-15-3-7-17(8-4-15)29(25,26)18-9-10-20-19(13-18)22(27-11-2-12-28-22)21(24)23(20)14-16-5-6-16/h3-4,7-10,13,16H,2,5-6,11-12,14H2,1H3. The molecule has 3 aliphatic rings. The summed E-state index contributed by atoms with van der Waals surface area (Å²) in [6.07, 6.45) is 2.91. The third-order valence-electron chi connectivity index (χ3n) is 5.82. The molecule has 1 saturated carbocycles. The van der Waals surface area contributed by atoms with E-state index in [2.05, 4.69) is 0 Å². The molecule has 7 heteroatoms. The first kappa shape index (κ1) is 18.8. The fourth-order valence-electron chi connectivity index (χ4n) is 3.99. The van der Waals surface area contributed by atoms with Crippen LogP contribution in [0.4, 0.5) is 5.69 Å². The minimum atomic E-state index is -3.72. The van der Waals surface area contributed by atoms with Crippen molar-refractivity contribution in [1.82, 2.24) is 0 Å². The summed E-state index contributed by atoms with van der Waals surface area (Å²) in [6, 6.07) is 11.6. The summed E-state index contributed by atoms with van der Waals surface area (Å²) in [7, 11) is -3.72. The first-order valence-corrected chi connectivity index (χ1v) is 11.5. The lowest BCUT2D eigenvalue weighted by Gasteiger charge is -2.32. The molecular weight excluding hydrogens is 390 g/mol. The summed E-state index contributed by atoms with van der Waals surface area (Å²) >= 11 is 0. The molecule has 0 N–H and O–H groups in total. The van der Waals surface area contributed by atoms with Crippen molar-refractivity contribution >= 4 is 21.4 Å². The maximum absolute atomic E-state index is 13.3. The van der Waals surface area contributed by atoms with Gasteiger partial charge in [-0.2, -0.15) is 0 Å². The molecular formula is C22H23NO5S. The monoisotopic (exact) mass is 413 g/mol.